The molecule has 102 valence electrons. The summed E-state index contributed by atoms with van der Waals surface area (Å²) in [5, 5.41) is 0. The molecule has 6 heteroatoms. The monoisotopic (exact) mass is 264 g/mol. The van der Waals surface area contributed by atoms with Crippen molar-refractivity contribution in [2.75, 3.05) is 19.3 Å². The molecule has 0 radical (unpaired) electrons. The van der Waals surface area contributed by atoms with Gasteiger partial charge in [-0.25, -0.2) is 9.37 Å². The molecule has 0 aliphatic rings. The minimum absolute atomic E-state index is 0.0597. The normalized spacial score (nSPS) is 10.9. The Hall–Kier alpha value is -2.11. The molecule has 0 unspecified atom stereocenters. The lowest BCUT2D eigenvalue weighted by Gasteiger charge is -2.15. The van der Waals surface area contributed by atoms with Crippen molar-refractivity contribution in [2.45, 2.75) is 20.4 Å². The third kappa shape index (κ3) is 2.38. The van der Waals surface area contributed by atoms with Crippen LogP contribution in [0, 0.1) is 12.7 Å². The zero-order chi connectivity index (χ0) is 14.2. The van der Waals surface area contributed by atoms with E-state index in [4.69, 9.17) is 5.73 Å². The van der Waals surface area contributed by atoms with Gasteiger partial charge in [-0.3, -0.25) is 4.79 Å². The van der Waals surface area contributed by atoms with Gasteiger partial charge in [-0.1, -0.05) is 0 Å². The van der Waals surface area contributed by atoms with Gasteiger partial charge in [-0.2, -0.15) is 0 Å². The summed E-state index contributed by atoms with van der Waals surface area (Å²) in [7, 11) is 1.72. The van der Waals surface area contributed by atoms with Crippen molar-refractivity contribution in [2.24, 2.45) is 0 Å². The summed E-state index contributed by atoms with van der Waals surface area (Å²) in [6.45, 7) is 4.30. The molecule has 1 aromatic heterocycles. The van der Waals surface area contributed by atoms with E-state index in [2.05, 4.69) is 4.98 Å². The number of imidazole rings is 1. The predicted molar refractivity (Wildman–Crippen MR) is 72.2 cm³/mol. The fourth-order valence-corrected chi connectivity index (χ4v) is 1.87. The van der Waals surface area contributed by atoms with E-state index in [0.29, 0.717) is 23.1 Å². The number of carbonyl (C=O) groups excluding carboxylic acids is 1. The van der Waals surface area contributed by atoms with E-state index in [0.717, 1.165) is 0 Å². The summed E-state index contributed by atoms with van der Waals surface area (Å²) < 4.78 is 15.1. The Labute approximate surface area is 110 Å². The van der Waals surface area contributed by atoms with Gasteiger partial charge < -0.3 is 15.2 Å². The van der Waals surface area contributed by atoms with Crippen molar-refractivity contribution in [3.8, 4) is 0 Å². The second-order valence-electron chi connectivity index (χ2n) is 4.55. The van der Waals surface area contributed by atoms with Crippen LogP contribution in [0.4, 0.5) is 10.3 Å². The first-order chi connectivity index (χ1) is 8.93. The number of nitrogens with two attached hydrogens (primary N) is 1. The number of aryl methyl sites for hydroxylation is 1. The summed E-state index contributed by atoms with van der Waals surface area (Å²) in [6, 6.07) is 3.00. The molecule has 1 aromatic carbocycles. The lowest BCUT2D eigenvalue weighted by molar-refractivity contribution is -0.130. The number of anilines is 1. The number of rotatable bonds is 3. The molecule has 0 spiro atoms. The number of hydrogen-bond acceptors (Lipinski definition) is 3. The highest BCUT2D eigenvalue weighted by Crippen LogP contribution is 2.21. The second-order valence-corrected chi connectivity index (χ2v) is 4.55. The van der Waals surface area contributed by atoms with Gasteiger partial charge in [-0.05, 0) is 25.5 Å². The summed E-state index contributed by atoms with van der Waals surface area (Å²) in [5.74, 6) is -0.164. The molecule has 2 N–H and O–H groups in total. The number of nitrogen functional groups attached to an aromatic ring is 1. The molecule has 0 aliphatic heterocycles. The third-order valence-corrected chi connectivity index (χ3v) is 3.25. The average Bonchev–Trinajstić information content (AvgIpc) is 2.65. The Morgan fingerprint density at radius 2 is 2.21 bits per heavy atom. The molecule has 1 heterocycles. The highest BCUT2D eigenvalue weighted by molar-refractivity contribution is 5.83. The Morgan fingerprint density at radius 3 is 2.84 bits per heavy atom. The SMILES string of the molecule is CCN(C)C(=O)Cn1c(N)nc2cc(F)c(C)cc21. The van der Waals surface area contributed by atoms with Crippen molar-refractivity contribution in [3.63, 3.8) is 0 Å². The van der Waals surface area contributed by atoms with Crippen molar-refractivity contribution < 1.29 is 9.18 Å². The van der Waals surface area contributed by atoms with Gasteiger partial charge in [0.1, 0.15) is 12.4 Å². The molecule has 0 saturated heterocycles. The van der Waals surface area contributed by atoms with Crippen LogP contribution in [0.25, 0.3) is 11.0 Å². The van der Waals surface area contributed by atoms with E-state index in [9.17, 15) is 9.18 Å². The number of fused-ring (bicyclic) bond motifs is 1. The predicted octanol–water partition coefficient (Wildman–Crippen LogP) is 1.54. The van der Waals surface area contributed by atoms with E-state index in [1.807, 2.05) is 6.92 Å². The molecule has 2 aromatic rings. The molecule has 1 amide bonds. The molecule has 0 aliphatic carbocycles. The summed E-state index contributed by atoms with van der Waals surface area (Å²) in [5.41, 5.74) is 7.45. The average molecular weight is 264 g/mol. The smallest absolute Gasteiger partial charge is 0.242 e. The lowest BCUT2D eigenvalue weighted by Crippen LogP contribution is -2.30. The number of likely N-dealkylation sites (N-methyl/N-ethyl adjacent to an activating group) is 1. The van der Waals surface area contributed by atoms with E-state index < -0.39 is 0 Å². The summed E-state index contributed by atoms with van der Waals surface area (Å²) in [4.78, 5) is 17.6. The van der Waals surface area contributed by atoms with Gasteiger partial charge >= 0.3 is 0 Å². The fraction of sp³-hybridized carbons (Fsp3) is 0.385. The first-order valence-electron chi connectivity index (χ1n) is 6.09. The molecule has 5 nitrogen and oxygen atoms in total. The minimum Gasteiger partial charge on any atom is -0.369 e. The Kier molecular flexibility index (Phi) is 3.42. The number of hydrogen-bond donors (Lipinski definition) is 1. The van der Waals surface area contributed by atoms with Crippen LogP contribution in [0.2, 0.25) is 0 Å². The van der Waals surface area contributed by atoms with Crippen molar-refractivity contribution in [3.05, 3.63) is 23.5 Å². The van der Waals surface area contributed by atoms with Crippen LogP contribution >= 0.6 is 0 Å². The number of aromatic nitrogens is 2. The van der Waals surface area contributed by atoms with Gasteiger partial charge in [0.05, 0.1) is 11.0 Å². The topological polar surface area (TPSA) is 64.2 Å². The number of carbonyl (C=O) groups is 1. The first kappa shape index (κ1) is 13.3. The van der Waals surface area contributed by atoms with Crippen LogP contribution in [-0.4, -0.2) is 34.0 Å². The maximum absolute atomic E-state index is 13.5. The number of benzene rings is 1. The van der Waals surface area contributed by atoms with Crippen LogP contribution < -0.4 is 5.73 Å². The van der Waals surface area contributed by atoms with E-state index in [1.54, 1.807) is 29.5 Å². The molecule has 2 rings (SSSR count). The van der Waals surface area contributed by atoms with Crippen LogP contribution in [0.3, 0.4) is 0 Å². The maximum Gasteiger partial charge on any atom is 0.242 e. The number of amides is 1. The van der Waals surface area contributed by atoms with Gasteiger partial charge in [0.15, 0.2) is 0 Å². The van der Waals surface area contributed by atoms with Crippen LogP contribution in [0.15, 0.2) is 12.1 Å². The summed E-state index contributed by atoms with van der Waals surface area (Å²) in [6.07, 6.45) is 0. The van der Waals surface area contributed by atoms with Gasteiger partial charge in [0.25, 0.3) is 0 Å². The fourth-order valence-electron chi connectivity index (χ4n) is 1.87. The van der Waals surface area contributed by atoms with Crippen LogP contribution in [-0.2, 0) is 11.3 Å². The first-order valence-corrected chi connectivity index (χ1v) is 6.09. The number of nitrogens with zero attached hydrogens (tertiary/aromatic N) is 3. The highest BCUT2D eigenvalue weighted by atomic mass is 19.1. The second kappa shape index (κ2) is 4.87. The quantitative estimate of drug-likeness (QED) is 0.914. The molecule has 0 bridgehead atoms. The molecule has 0 atom stereocenters. The standard InChI is InChI=1S/C13H17FN4O/c1-4-17(3)12(19)7-18-11-5-8(2)9(14)6-10(11)16-13(18)15/h5-6H,4,7H2,1-3H3,(H2,15,16). The summed E-state index contributed by atoms with van der Waals surface area (Å²) >= 11 is 0. The van der Waals surface area contributed by atoms with Crippen molar-refractivity contribution in [1.82, 2.24) is 14.5 Å². The maximum atomic E-state index is 13.5. The minimum atomic E-state index is -0.325. The third-order valence-electron chi connectivity index (χ3n) is 3.25. The molecular weight excluding hydrogens is 247 g/mol. The van der Waals surface area contributed by atoms with Crippen molar-refractivity contribution in [1.29, 1.82) is 0 Å². The van der Waals surface area contributed by atoms with Crippen LogP contribution in [0.5, 0.6) is 0 Å². The Balaban J connectivity index is 2.45. The number of halogens is 1. The molecular formula is C13H17FN4O. The Bertz CT molecular complexity index is 635. The largest absolute Gasteiger partial charge is 0.369 e. The van der Waals surface area contributed by atoms with Gasteiger partial charge in [0, 0.05) is 19.7 Å². The molecule has 0 saturated carbocycles. The highest BCUT2D eigenvalue weighted by Gasteiger charge is 2.15. The zero-order valence-electron chi connectivity index (χ0n) is 11.3. The molecule has 0 fully saturated rings. The lowest BCUT2D eigenvalue weighted by atomic mass is 10.2. The van der Waals surface area contributed by atoms with Gasteiger partial charge in [-0.15, -0.1) is 0 Å². The van der Waals surface area contributed by atoms with Crippen molar-refractivity contribution >= 4 is 22.9 Å². The van der Waals surface area contributed by atoms with E-state index in [1.165, 1.54) is 6.07 Å². The van der Waals surface area contributed by atoms with E-state index in [-0.39, 0.29) is 24.2 Å². The van der Waals surface area contributed by atoms with E-state index >= 15 is 0 Å². The zero-order valence-corrected chi connectivity index (χ0v) is 11.3. The molecule has 19 heavy (non-hydrogen) atoms. The van der Waals surface area contributed by atoms with Gasteiger partial charge in [0.2, 0.25) is 11.9 Å². The van der Waals surface area contributed by atoms with Crippen LogP contribution in [0.1, 0.15) is 12.5 Å². The Morgan fingerprint density at radius 1 is 1.53 bits per heavy atom.